The van der Waals surface area contributed by atoms with Crippen LogP contribution < -0.4 is 5.73 Å². The van der Waals surface area contributed by atoms with Crippen LogP contribution in [-0.4, -0.2) is 15.0 Å². The maximum absolute atomic E-state index is 13.9. The van der Waals surface area contributed by atoms with Gasteiger partial charge in [-0.05, 0) is 36.5 Å². The van der Waals surface area contributed by atoms with Crippen LogP contribution in [0.15, 0.2) is 36.5 Å². The fraction of sp³-hybridized carbons (Fsp3) is 0.158. The Morgan fingerprint density at radius 2 is 1.92 bits per heavy atom. The summed E-state index contributed by atoms with van der Waals surface area (Å²) in [6.45, 7) is 0. The Hall–Kier alpha value is -3.02. The summed E-state index contributed by atoms with van der Waals surface area (Å²) in [5, 5.41) is 1.21. The number of halogens is 2. The lowest BCUT2D eigenvalue weighted by molar-refractivity contribution is 0.591. The molecule has 25 heavy (non-hydrogen) atoms. The van der Waals surface area contributed by atoms with Crippen molar-refractivity contribution in [1.29, 1.82) is 0 Å². The molecule has 2 aromatic carbocycles. The van der Waals surface area contributed by atoms with E-state index < -0.39 is 11.6 Å². The van der Waals surface area contributed by atoms with Crippen molar-refractivity contribution in [3.8, 4) is 11.4 Å². The highest BCUT2D eigenvalue weighted by Crippen LogP contribution is 2.43. The van der Waals surface area contributed by atoms with Gasteiger partial charge < -0.3 is 10.7 Å². The highest BCUT2D eigenvalue weighted by atomic mass is 19.1. The topological polar surface area (TPSA) is 67.6 Å². The quantitative estimate of drug-likeness (QED) is 0.566. The van der Waals surface area contributed by atoms with Crippen LogP contribution in [0, 0.1) is 11.6 Å². The van der Waals surface area contributed by atoms with Crippen LogP contribution in [0.5, 0.6) is 0 Å². The van der Waals surface area contributed by atoms with E-state index in [4.69, 9.17) is 10.7 Å². The van der Waals surface area contributed by atoms with Crippen LogP contribution in [0.3, 0.4) is 0 Å². The zero-order valence-corrected chi connectivity index (χ0v) is 13.2. The van der Waals surface area contributed by atoms with E-state index in [-0.39, 0.29) is 5.52 Å². The van der Waals surface area contributed by atoms with Gasteiger partial charge in [0.2, 0.25) is 0 Å². The van der Waals surface area contributed by atoms with Crippen molar-refractivity contribution in [3.63, 3.8) is 0 Å². The van der Waals surface area contributed by atoms with E-state index >= 15 is 0 Å². The fourth-order valence-corrected chi connectivity index (χ4v) is 3.38. The normalized spacial score (nSPS) is 14.5. The van der Waals surface area contributed by atoms with Crippen molar-refractivity contribution in [2.45, 2.75) is 18.8 Å². The molecule has 2 aromatic heterocycles. The van der Waals surface area contributed by atoms with Crippen LogP contribution in [0.25, 0.3) is 33.2 Å². The van der Waals surface area contributed by atoms with Crippen LogP contribution in [0.1, 0.15) is 24.3 Å². The first-order chi connectivity index (χ1) is 12.1. The molecule has 4 aromatic rings. The van der Waals surface area contributed by atoms with E-state index in [1.165, 1.54) is 6.07 Å². The molecular formula is C19H14F2N4. The first kappa shape index (κ1) is 14.3. The van der Waals surface area contributed by atoms with Crippen molar-refractivity contribution >= 4 is 27.6 Å². The molecule has 0 unspecified atom stereocenters. The summed E-state index contributed by atoms with van der Waals surface area (Å²) in [6, 6.07) is 8.05. The molecule has 0 aliphatic heterocycles. The first-order valence-electron chi connectivity index (χ1n) is 8.14. The van der Waals surface area contributed by atoms with Gasteiger partial charge in [-0.2, -0.15) is 0 Å². The maximum atomic E-state index is 13.9. The molecule has 124 valence electrons. The van der Waals surface area contributed by atoms with Crippen molar-refractivity contribution < 1.29 is 8.78 Å². The second-order valence-electron chi connectivity index (χ2n) is 6.46. The number of nitrogen functional groups attached to an aromatic ring is 1. The fourth-order valence-electron chi connectivity index (χ4n) is 3.38. The largest absolute Gasteiger partial charge is 0.383 e. The maximum Gasteiger partial charge on any atom is 0.164 e. The molecule has 1 fully saturated rings. The molecule has 0 amide bonds. The third kappa shape index (κ3) is 2.17. The molecule has 0 saturated heterocycles. The highest BCUT2D eigenvalue weighted by molar-refractivity contribution is 5.97. The summed E-state index contributed by atoms with van der Waals surface area (Å²) in [4.78, 5) is 11.9. The summed E-state index contributed by atoms with van der Waals surface area (Å²) in [5.74, 6) is -0.0428. The van der Waals surface area contributed by atoms with E-state index in [1.807, 2.05) is 12.1 Å². The number of rotatable bonds is 2. The molecule has 6 heteroatoms. The number of aromatic amines is 1. The number of nitrogens with zero attached hydrogens (tertiary/aromatic N) is 2. The Morgan fingerprint density at radius 1 is 1.08 bits per heavy atom. The van der Waals surface area contributed by atoms with E-state index in [0.717, 1.165) is 35.4 Å². The molecule has 1 saturated carbocycles. The highest BCUT2D eigenvalue weighted by Gasteiger charge is 2.26. The molecule has 0 atom stereocenters. The number of hydrogen-bond donors (Lipinski definition) is 2. The molecule has 1 aliphatic carbocycles. The monoisotopic (exact) mass is 336 g/mol. The number of fused-ring (bicyclic) bond motifs is 2. The number of aromatic nitrogens is 3. The summed E-state index contributed by atoms with van der Waals surface area (Å²) in [7, 11) is 0. The zero-order valence-electron chi connectivity index (χ0n) is 13.2. The average Bonchev–Trinajstić information content (AvgIpc) is 3.34. The predicted octanol–water partition coefficient (Wildman–Crippen LogP) is 4.52. The van der Waals surface area contributed by atoms with Gasteiger partial charge in [0.15, 0.2) is 5.82 Å². The van der Waals surface area contributed by atoms with Gasteiger partial charge in [-0.1, -0.05) is 12.1 Å². The Labute approximate surface area is 141 Å². The number of hydrogen-bond acceptors (Lipinski definition) is 3. The number of nitrogens with two attached hydrogens (primary N) is 1. The van der Waals surface area contributed by atoms with Gasteiger partial charge in [-0.3, -0.25) is 0 Å². The molecule has 3 N–H and O–H groups in total. The summed E-state index contributed by atoms with van der Waals surface area (Å²) < 4.78 is 27.6. The van der Waals surface area contributed by atoms with Crippen molar-refractivity contribution in [1.82, 2.24) is 15.0 Å². The minimum atomic E-state index is -0.645. The molecular weight excluding hydrogens is 322 g/mol. The zero-order chi connectivity index (χ0) is 17.1. The SMILES string of the molecule is Nc1nc(-c2c[nH]c3c(F)cc(F)cc23)nc2c(C3CC3)cccc12. The molecule has 0 spiro atoms. The first-order valence-corrected chi connectivity index (χ1v) is 8.14. The van der Waals surface area contributed by atoms with Crippen LogP contribution >= 0.6 is 0 Å². The molecule has 5 rings (SSSR count). The van der Waals surface area contributed by atoms with Gasteiger partial charge in [0.25, 0.3) is 0 Å². The van der Waals surface area contributed by atoms with Gasteiger partial charge in [0.1, 0.15) is 17.5 Å². The molecule has 1 aliphatic rings. The Balaban J connectivity index is 1.80. The van der Waals surface area contributed by atoms with E-state index in [0.29, 0.717) is 28.5 Å². The number of anilines is 1. The second kappa shape index (κ2) is 4.99. The van der Waals surface area contributed by atoms with Gasteiger partial charge in [-0.15, -0.1) is 0 Å². The van der Waals surface area contributed by atoms with Gasteiger partial charge >= 0.3 is 0 Å². The lowest BCUT2D eigenvalue weighted by atomic mass is 10.1. The van der Waals surface area contributed by atoms with Gasteiger partial charge in [-0.25, -0.2) is 18.7 Å². The van der Waals surface area contributed by atoms with Crippen LogP contribution in [0.4, 0.5) is 14.6 Å². The molecule has 2 heterocycles. The predicted molar refractivity (Wildman–Crippen MR) is 93.1 cm³/mol. The Morgan fingerprint density at radius 3 is 2.72 bits per heavy atom. The third-order valence-electron chi connectivity index (χ3n) is 4.75. The Bertz CT molecular complexity index is 1150. The van der Waals surface area contributed by atoms with E-state index in [9.17, 15) is 8.78 Å². The smallest absolute Gasteiger partial charge is 0.164 e. The van der Waals surface area contributed by atoms with E-state index in [1.54, 1.807) is 6.20 Å². The minimum Gasteiger partial charge on any atom is -0.383 e. The van der Waals surface area contributed by atoms with Crippen LogP contribution in [0.2, 0.25) is 0 Å². The van der Waals surface area contributed by atoms with Crippen molar-refractivity contribution in [3.05, 3.63) is 53.7 Å². The minimum absolute atomic E-state index is 0.231. The molecule has 4 nitrogen and oxygen atoms in total. The number of para-hydroxylation sites is 1. The lowest BCUT2D eigenvalue weighted by Gasteiger charge is -2.09. The number of H-pyrrole nitrogens is 1. The standard InChI is InChI=1S/C19H14F2N4/c20-10-6-13-14(8-23-17(13)15(21)7-10)19-24-16-11(9-4-5-9)2-1-3-12(16)18(22)25-19/h1-3,6-9,23H,4-5H2,(H2,22,24,25). The van der Waals surface area contributed by atoms with E-state index in [2.05, 4.69) is 16.0 Å². The third-order valence-corrected chi connectivity index (χ3v) is 4.75. The van der Waals surface area contributed by atoms with Crippen molar-refractivity contribution in [2.75, 3.05) is 5.73 Å². The second-order valence-corrected chi connectivity index (χ2v) is 6.46. The lowest BCUT2D eigenvalue weighted by Crippen LogP contribution is -1.99. The summed E-state index contributed by atoms with van der Waals surface area (Å²) >= 11 is 0. The number of nitrogens with one attached hydrogen (secondary N) is 1. The summed E-state index contributed by atoms with van der Waals surface area (Å²) in [6.07, 6.45) is 3.87. The number of benzene rings is 2. The summed E-state index contributed by atoms with van der Waals surface area (Å²) in [5.41, 5.74) is 8.89. The average molecular weight is 336 g/mol. The van der Waals surface area contributed by atoms with Crippen molar-refractivity contribution in [2.24, 2.45) is 0 Å². The molecule has 0 bridgehead atoms. The van der Waals surface area contributed by atoms with Gasteiger partial charge in [0.05, 0.1) is 11.0 Å². The van der Waals surface area contributed by atoms with Crippen LogP contribution in [-0.2, 0) is 0 Å². The van der Waals surface area contributed by atoms with Gasteiger partial charge in [0, 0.05) is 28.6 Å². The Kier molecular flexibility index (Phi) is 2.86. The molecule has 0 radical (unpaired) electrons.